The van der Waals surface area contributed by atoms with Gasteiger partial charge >= 0.3 is 0 Å². The lowest BCUT2D eigenvalue weighted by Gasteiger charge is -2.09. The lowest BCUT2D eigenvalue weighted by molar-refractivity contribution is -0.115. The van der Waals surface area contributed by atoms with Crippen LogP contribution in [0.3, 0.4) is 0 Å². The number of hydrogen-bond acceptors (Lipinski definition) is 10. The van der Waals surface area contributed by atoms with Crippen molar-refractivity contribution in [1.29, 1.82) is 0 Å². The number of hydrogen-bond donors (Lipinski definition) is 2. The normalized spacial score (nSPS) is 10.7. The number of nitrogens with one attached hydrogen (secondary N) is 2. The molecule has 0 atom stereocenters. The van der Waals surface area contributed by atoms with Crippen molar-refractivity contribution in [1.82, 2.24) is 15.2 Å². The molecule has 0 aliphatic rings. The minimum absolute atomic E-state index is 0.146. The summed E-state index contributed by atoms with van der Waals surface area (Å²) in [5.41, 5.74) is 1.62. The molecular weight excluding hydrogens is 482 g/mol. The summed E-state index contributed by atoms with van der Waals surface area (Å²) in [5.74, 6) is 0.891. The van der Waals surface area contributed by atoms with E-state index in [1.807, 2.05) is 24.3 Å². The maximum absolute atomic E-state index is 12.4. The molecule has 0 saturated heterocycles. The first-order chi connectivity index (χ1) is 16.0. The van der Waals surface area contributed by atoms with Gasteiger partial charge in [-0.3, -0.25) is 9.59 Å². The highest BCUT2D eigenvalue weighted by atomic mass is 32.2. The number of para-hydroxylation sites is 1. The summed E-state index contributed by atoms with van der Waals surface area (Å²) in [6, 6.07) is 13.0. The zero-order valence-electron chi connectivity index (χ0n) is 17.7. The smallest absolute Gasteiger partial charge is 0.236 e. The van der Waals surface area contributed by atoms with Gasteiger partial charge in [-0.05, 0) is 29.8 Å². The molecule has 12 heteroatoms. The molecule has 2 heterocycles. The number of benzene rings is 2. The van der Waals surface area contributed by atoms with Gasteiger partial charge in [-0.15, -0.1) is 10.2 Å². The number of carbonyl (C=O) groups is 2. The third-order valence-corrected chi connectivity index (χ3v) is 7.26. The molecule has 0 aliphatic heterocycles. The van der Waals surface area contributed by atoms with Gasteiger partial charge in [0.1, 0.15) is 0 Å². The third kappa shape index (κ3) is 5.97. The lowest BCUT2D eigenvalue weighted by atomic mass is 10.1. The lowest BCUT2D eigenvalue weighted by Crippen LogP contribution is -2.14. The Morgan fingerprint density at radius 1 is 0.939 bits per heavy atom. The van der Waals surface area contributed by atoms with Crippen molar-refractivity contribution in [3.63, 3.8) is 0 Å². The Balaban J connectivity index is 1.27. The fourth-order valence-electron chi connectivity index (χ4n) is 2.87. The second-order valence-corrected chi connectivity index (χ2v) is 9.84. The van der Waals surface area contributed by atoms with Crippen LogP contribution in [0.5, 0.6) is 11.5 Å². The van der Waals surface area contributed by atoms with E-state index in [-0.39, 0.29) is 24.0 Å². The van der Waals surface area contributed by atoms with E-state index in [1.54, 1.807) is 32.4 Å². The molecule has 4 aromatic rings. The Bertz CT molecular complexity index is 1260. The number of anilines is 2. The summed E-state index contributed by atoms with van der Waals surface area (Å²) < 4.78 is 12.1. The zero-order valence-corrected chi connectivity index (χ0v) is 20.1. The van der Waals surface area contributed by atoms with Gasteiger partial charge in [-0.25, -0.2) is 4.98 Å². The number of nitrogens with zero attached hydrogens (tertiary/aromatic N) is 3. The van der Waals surface area contributed by atoms with Crippen LogP contribution in [0.4, 0.5) is 10.3 Å². The average Bonchev–Trinajstić information content (AvgIpc) is 3.43. The van der Waals surface area contributed by atoms with Crippen molar-refractivity contribution in [2.24, 2.45) is 0 Å². The summed E-state index contributed by atoms with van der Waals surface area (Å²) in [4.78, 5) is 29.0. The van der Waals surface area contributed by atoms with Crippen LogP contribution in [-0.4, -0.2) is 47.0 Å². The van der Waals surface area contributed by atoms with Gasteiger partial charge in [-0.1, -0.05) is 52.6 Å². The van der Waals surface area contributed by atoms with Crippen LogP contribution in [0.15, 0.2) is 46.8 Å². The van der Waals surface area contributed by atoms with Gasteiger partial charge in [0.05, 0.1) is 36.6 Å². The number of fused-ring (bicyclic) bond motifs is 1. The molecule has 9 nitrogen and oxygen atoms in total. The number of thioether (sulfide) groups is 1. The van der Waals surface area contributed by atoms with Crippen molar-refractivity contribution < 1.29 is 19.1 Å². The molecule has 0 aliphatic carbocycles. The fraction of sp³-hybridized carbons (Fsp3) is 0.190. The highest BCUT2D eigenvalue weighted by Gasteiger charge is 2.13. The Labute approximate surface area is 201 Å². The SMILES string of the molecule is COc1ccc(CC(=O)Nc2nnc(SCC(=O)Nc3nc4ccccc4s3)s2)cc1OC. The Morgan fingerprint density at radius 2 is 1.73 bits per heavy atom. The molecule has 33 heavy (non-hydrogen) atoms. The molecule has 0 radical (unpaired) electrons. The van der Waals surface area contributed by atoms with E-state index in [9.17, 15) is 9.59 Å². The highest BCUT2D eigenvalue weighted by Crippen LogP contribution is 2.29. The molecule has 2 aromatic heterocycles. The summed E-state index contributed by atoms with van der Waals surface area (Å²) in [6.07, 6.45) is 0.146. The Morgan fingerprint density at radius 3 is 2.52 bits per heavy atom. The Hall–Kier alpha value is -3.22. The van der Waals surface area contributed by atoms with Gasteiger partial charge in [0.2, 0.25) is 16.9 Å². The first-order valence-corrected chi connectivity index (χ1v) is 12.3. The molecule has 4 rings (SSSR count). The topological polar surface area (TPSA) is 115 Å². The molecule has 170 valence electrons. The van der Waals surface area contributed by atoms with E-state index in [1.165, 1.54) is 34.4 Å². The molecule has 2 N–H and O–H groups in total. The standard InChI is InChI=1S/C21H19N5O4S3/c1-29-14-8-7-12(9-15(14)30-2)10-17(27)23-20-25-26-21(33-20)31-11-18(28)24-19-22-13-5-3-4-6-16(13)32-19/h3-9H,10-11H2,1-2H3,(H,22,24,28)(H,23,25,27). The van der Waals surface area contributed by atoms with Crippen LogP contribution >= 0.6 is 34.4 Å². The molecule has 0 unspecified atom stereocenters. The van der Waals surface area contributed by atoms with E-state index in [0.29, 0.717) is 26.1 Å². The van der Waals surface area contributed by atoms with E-state index >= 15 is 0 Å². The maximum atomic E-state index is 12.4. The van der Waals surface area contributed by atoms with Gasteiger partial charge in [-0.2, -0.15) is 0 Å². The van der Waals surface area contributed by atoms with Crippen LogP contribution < -0.4 is 20.1 Å². The van der Waals surface area contributed by atoms with Crippen LogP contribution in [0, 0.1) is 0 Å². The number of amides is 2. The Kier molecular flexibility index (Phi) is 7.37. The summed E-state index contributed by atoms with van der Waals surface area (Å²) in [7, 11) is 3.10. The molecule has 0 spiro atoms. The number of carbonyl (C=O) groups excluding carboxylic acids is 2. The maximum Gasteiger partial charge on any atom is 0.236 e. The van der Waals surface area contributed by atoms with Crippen LogP contribution in [0.1, 0.15) is 5.56 Å². The molecule has 0 fully saturated rings. The molecular formula is C21H19N5O4S3. The monoisotopic (exact) mass is 501 g/mol. The van der Waals surface area contributed by atoms with Gasteiger partial charge in [0, 0.05) is 0 Å². The summed E-state index contributed by atoms with van der Waals surface area (Å²) in [6.45, 7) is 0. The van der Waals surface area contributed by atoms with Crippen LogP contribution in [0.2, 0.25) is 0 Å². The van der Waals surface area contributed by atoms with Gasteiger partial charge in [0.25, 0.3) is 0 Å². The van der Waals surface area contributed by atoms with E-state index in [2.05, 4.69) is 25.8 Å². The predicted octanol–water partition coefficient (Wildman–Crippen LogP) is 4.08. The quantitative estimate of drug-likeness (QED) is 0.260. The number of thiazole rings is 1. The zero-order chi connectivity index (χ0) is 23.2. The van der Waals surface area contributed by atoms with E-state index in [0.717, 1.165) is 15.8 Å². The largest absolute Gasteiger partial charge is 0.493 e. The number of ether oxygens (including phenoxy) is 2. The molecule has 2 aromatic carbocycles. The summed E-state index contributed by atoms with van der Waals surface area (Å²) >= 11 is 3.88. The van der Waals surface area contributed by atoms with Crippen molar-refractivity contribution >= 4 is 66.7 Å². The minimum atomic E-state index is -0.233. The van der Waals surface area contributed by atoms with Crippen molar-refractivity contribution in [3.05, 3.63) is 48.0 Å². The van der Waals surface area contributed by atoms with Crippen LogP contribution in [-0.2, 0) is 16.0 Å². The van der Waals surface area contributed by atoms with Gasteiger partial charge in [0.15, 0.2) is 21.0 Å². The highest BCUT2D eigenvalue weighted by molar-refractivity contribution is 8.01. The first kappa shape index (κ1) is 23.0. The second-order valence-electron chi connectivity index (χ2n) is 6.61. The van der Waals surface area contributed by atoms with Crippen LogP contribution in [0.25, 0.3) is 10.2 Å². The summed E-state index contributed by atoms with van der Waals surface area (Å²) in [5, 5.41) is 14.5. The first-order valence-electron chi connectivity index (χ1n) is 9.66. The number of rotatable bonds is 9. The van der Waals surface area contributed by atoms with Crippen molar-refractivity contribution in [3.8, 4) is 11.5 Å². The van der Waals surface area contributed by atoms with Crippen molar-refractivity contribution in [2.45, 2.75) is 10.8 Å². The molecule has 0 bridgehead atoms. The van der Waals surface area contributed by atoms with Gasteiger partial charge < -0.3 is 20.1 Å². The fourth-order valence-corrected chi connectivity index (χ4v) is 5.32. The number of methoxy groups -OCH3 is 2. The van der Waals surface area contributed by atoms with Crippen molar-refractivity contribution in [2.75, 3.05) is 30.6 Å². The van der Waals surface area contributed by atoms with E-state index < -0.39 is 0 Å². The average molecular weight is 502 g/mol. The predicted molar refractivity (Wildman–Crippen MR) is 131 cm³/mol. The molecule has 2 amide bonds. The van der Waals surface area contributed by atoms with E-state index in [4.69, 9.17) is 9.47 Å². The molecule has 0 saturated carbocycles. The second kappa shape index (κ2) is 10.6. The third-order valence-electron chi connectivity index (χ3n) is 4.33. The number of aromatic nitrogens is 3. The minimum Gasteiger partial charge on any atom is -0.493 e.